The van der Waals surface area contributed by atoms with Gasteiger partial charge in [-0.2, -0.15) is 10.2 Å². The van der Waals surface area contributed by atoms with Gasteiger partial charge in [-0.25, -0.2) is 9.80 Å². The molecule has 0 radical (unpaired) electrons. The largest absolute Gasteiger partial charge is 0.497 e. The van der Waals surface area contributed by atoms with E-state index in [1.807, 2.05) is 24.3 Å². The number of esters is 1. The van der Waals surface area contributed by atoms with Gasteiger partial charge in [0.25, 0.3) is 5.91 Å². The summed E-state index contributed by atoms with van der Waals surface area (Å²) in [6, 6.07) is 10.5. The lowest BCUT2D eigenvalue weighted by Gasteiger charge is -2.19. The number of benzene rings is 1. The zero-order chi connectivity index (χ0) is 24.2. The second-order valence-corrected chi connectivity index (χ2v) is 7.96. The summed E-state index contributed by atoms with van der Waals surface area (Å²) in [4.78, 5) is 25.1. The van der Waals surface area contributed by atoms with Crippen molar-refractivity contribution in [2.24, 2.45) is 12.1 Å². The lowest BCUT2D eigenvalue weighted by molar-refractivity contribution is -0.149. The van der Waals surface area contributed by atoms with Crippen LogP contribution in [0.1, 0.15) is 35.0 Å². The van der Waals surface area contributed by atoms with E-state index in [1.54, 1.807) is 39.5 Å². The van der Waals surface area contributed by atoms with Crippen LogP contribution in [0.2, 0.25) is 5.15 Å². The monoisotopic (exact) mass is 482 g/mol. The van der Waals surface area contributed by atoms with Gasteiger partial charge in [-0.1, -0.05) is 11.6 Å². The van der Waals surface area contributed by atoms with Crippen molar-refractivity contribution in [3.8, 4) is 5.75 Å². The zero-order valence-electron chi connectivity index (χ0n) is 18.9. The molecule has 1 aliphatic heterocycles. The molecule has 1 aliphatic rings. The van der Waals surface area contributed by atoms with Gasteiger partial charge in [-0.3, -0.25) is 9.48 Å². The van der Waals surface area contributed by atoms with Crippen LogP contribution in [0, 0.1) is 6.92 Å². The molecule has 176 valence electrons. The van der Waals surface area contributed by atoms with E-state index >= 15 is 0 Å². The molecular formula is C24H23ClN4O5. The van der Waals surface area contributed by atoms with Gasteiger partial charge in [0, 0.05) is 25.1 Å². The van der Waals surface area contributed by atoms with E-state index in [0.29, 0.717) is 34.3 Å². The van der Waals surface area contributed by atoms with E-state index < -0.39 is 24.5 Å². The molecular weight excluding hydrogens is 460 g/mol. The van der Waals surface area contributed by atoms with Crippen molar-refractivity contribution in [2.75, 3.05) is 13.7 Å². The highest BCUT2D eigenvalue weighted by atomic mass is 35.5. The molecule has 34 heavy (non-hydrogen) atoms. The Hall–Kier alpha value is -3.85. The maximum Gasteiger partial charge on any atom is 0.331 e. The minimum atomic E-state index is -0.680. The summed E-state index contributed by atoms with van der Waals surface area (Å²) >= 11 is 6.16. The first-order valence-electron chi connectivity index (χ1n) is 10.5. The van der Waals surface area contributed by atoms with Crippen molar-refractivity contribution in [1.29, 1.82) is 0 Å². The van der Waals surface area contributed by atoms with E-state index in [1.165, 1.54) is 21.8 Å². The number of hydrazone groups is 1. The Labute approximate surface area is 201 Å². The molecule has 0 saturated carbocycles. The predicted molar refractivity (Wildman–Crippen MR) is 125 cm³/mol. The first kappa shape index (κ1) is 23.3. The van der Waals surface area contributed by atoms with Crippen LogP contribution in [0.4, 0.5) is 0 Å². The maximum absolute atomic E-state index is 12.9. The first-order chi connectivity index (χ1) is 16.4. The summed E-state index contributed by atoms with van der Waals surface area (Å²) in [6.45, 7) is 1.31. The van der Waals surface area contributed by atoms with Crippen LogP contribution in [0.3, 0.4) is 0 Å². The van der Waals surface area contributed by atoms with Crippen molar-refractivity contribution in [3.63, 3.8) is 0 Å². The summed E-state index contributed by atoms with van der Waals surface area (Å²) < 4.78 is 17.4. The lowest BCUT2D eigenvalue weighted by atomic mass is 10.0. The summed E-state index contributed by atoms with van der Waals surface area (Å²) in [5.41, 5.74) is 2.85. The van der Waals surface area contributed by atoms with E-state index in [9.17, 15) is 9.59 Å². The number of hydrogen-bond acceptors (Lipinski definition) is 7. The van der Waals surface area contributed by atoms with Crippen LogP contribution in [0.25, 0.3) is 6.08 Å². The topological polar surface area (TPSA) is 99.2 Å². The Morgan fingerprint density at radius 1 is 1.26 bits per heavy atom. The van der Waals surface area contributed by atoms with E-state index in [0.717, 1.165) is 11.3 Å². The van der Waals surface area contributed by atoms with Crippen LogP contribution in [0.15, 0.2) is 58.3 Å². The molecule has 0 aliphatic carbocycles. The summed E-state index contributed by atoms with van der Waals surface area (Å²) in [5, 5.41) is 10.4. The normalized spacial score (nSPS) is 15.6. The molecule has 3 aromatic rings. The summed E-state index contributed by atoms with van der Waals surface area (Å²) in [6.07, 6.45) is 4.72. The number of nitrogens with zero attached hydrogens (tertiary/aromatic N) is 4. The molecule has 4 rings (SSSR count). The van der Waals surface area contributed by atoms with Crippen LogP contribution < -0.4 is 4.74 Å². The molecule has 0 spiro atoms. The number of carbonyl (C=O) groups is 2. The minimum Gasteiger partial charge on any atom is -0.497 e. The maximum atomic E-state index is 12.9. The first-order valence-corrected chi connectivity index (χ1v) is 10.9. The second-order valence-electron chi connectivity index (χ2n) is 7.60. The highest BCUT2D eigenvalue weighted by molar-refractivity contribution is 6.31. The Balaban J connectivity index is 1.46. The van der Waals surface area contributed by atoms with Crippen molar-refractivity contribution >= 4 is 35.3 Å². The quantitative estimate of drug-likeness (QED) is 0.374. The molecule has 0 bridgehead atoms. The fourth-order valence-corrected chi connectivity index (χ4v) is 3.87. The Bertz CT molecular complexity index is 1250. The van der Waals surface area contributed by atoms with Gasteiger partial charge in [0.15, 0.2) is 6.61 Å². The number of aromatic nitrogens is 2. The fraction of sp³-hybridized carbons (Fsp3) is 0.250. The van der Waals surface area contributed by atoms with Gasteiger partial charge in [0.05, 0.1) is 24.8 Å². The molecule has 1 aromatic carbocycles. The third-order valence-corrected chi connectivity index (χ3v) is 5.83. The van der Waals surface area contributed by atoms with Gasteiger partial charge in [0.1, 0.15) is 22.7 Å². The molecule has 0 saturated heterocycles. The lowest BCUT2D eigenvalue weighted by Crippen LogP contribution is -2.31. The third kappa shape index (κ3) is 4.89. The molecule has 9 nitrogen and oxygen atoms in total. The molecule has 1 atom stereocenters. The molecule has 10 heteroatoms. The van der Waals surface area contributed by atoms with Crippen molar-refractivity contribution in [2.45, 2.75) is 19.4 Å². The highest BCUT2D eigenvalue weighted by Gasteiger charge is 2.35. The molecule has 1 amide bonds. The third-order valence-electron chi connectivity index (χ3n) is 5.38. The smallest absolute Gasteiger partial charge is 0.331 e. The fourth-order valence-electron chi connectivity index (χ4n) is 3.63. The van der Waals surface area contributed by atoms with Crippen molar-refractivity contribution in [3.05, 3.63) is 76.5 Å². The van der Waals surface area contributed by atoms with Crippen LogP contribution in [-0.4, -0.2) is 46.1 Å². The molecule has 2 aromatic heterocycles. The number of furan rings is 1. The van der Waals surface area contributed by atoms with E-state index in [2.05, 4.69) is 10.2 Å². The number of ether oxygens (including phenoxy) is 2. The Morgan fingerprint density at radius 2 is 2.03 bits per heavy atom. The number of carbonyl (C=O) groups excluding carboxylic acids is 2. The number of methoxy groups -OCH3 is 1. The SMILES string of the molecule is COc1ccc(C2=NN(C(=O)COC(=O)/C=C/c3c(C)nn(C)c3Cl)C(c3ccco3)C2)cc1. The van der Waals surface area contributed by atoms with Gasteiger partial charge in [0.2, 0.25) is 0 Å². The van der Waals surface area contributed by atoms with Gasteiger partial charge >= 0.3 is 5.97 Å². The molecule has 3 heterocycles. The zero-order valence-corrected chi connectivity index (χ0v) is 19.7. The predicted octanol–water partition coefficient (Wildman–Crippen LogP) is 3.92. The number of hydrogen-bond donors (Lipinski definition) is 0. The summed E-state index contributed by atoms with van der Waals surface area (Å²) in [5.74, 6) is 0.164. The standard InChI is InChI=1S/C24H23ClN4O5/c1-15-18(24(25)28(2)26-15)10-11-23(31)34-14-22(30)29-20(21-5-4-12-33-21)13-19(27-29)16-6-8-17(32-3)9-7-16/h4-12,20H,13-14H2,1-3H3/b11-10+. The number of halogens is 1. The van der Waals surface area contributed by atoms with E-state index in [4.69, 9.17) is 25.5 Å². The molecule has 1 unspecified atom stereocenters. The van der Waals surface area contributed by atoms with Crippen LogP contribution in [0.5, 0.6) is 5.75 Å². The molecule has 0 fully saturated rings. The number of aryl methyl sites for hydroxylation is 2. The Morgan fingerprint density at radius 3 is 2.65 bits per heavy atom. The average molecular weight is 483 g/mol. The summed E-state index contributed by atoms with van der Waals surface area (Å²) in [7, 11) is 3.30. The van der Waals surface area contributed by atoms with Crippen LogP contribution in [-0.2, 0) is 21.4 Å². The molecule has 0 N–H and O–H groups in total. The van der Waals surface area contributed by atoms with E-state index in [-0.39, 0.29) is 0 Å². The van der Waals surface area contributed by atoms with Crippen LogP contribution >= 0.6 is 11.6 Å². The number of rotatable bonds is 7. The van der Waals surface area contributed by atoms with Gasteiger partial charge in [-0.05, 0) is 55.0 Å². The van der Waals surface area contributed by atoms with Gasteiger partial charge < -0.3 is 13.9 Å². The average Bonchev–Trinajstić information content (AvgIpc) is 3.57. The Kier molecular flexibility index (Phi) is 6.83. The highest BCUT2D eigenvalue weighted by Crippen LogP contribution is 2.33. The second kappa shape index (κ2) is 9.96. The van der Waals surface area contributed by atoms with Gasteiger partial charge in [-0.15, -0.1) is 0 Å². The van der Waals surface area contributed by atoms with Crippen molar-refractivity contribution in [1.82, 2.24) is 14.8 Å². The van der Waals surface area contributed by atoms with Crippen molar-refractivity contribution < 1.29 is 23.5 Å². The minimum absolute atomic E-state index is 0.399. The number of amides is 1.